The summed E-state index contributed by atoms with van der Waals surface area (Å²) >= 11 is 0. The summed E-state index contributed by atoms with van der Waals surface area (Å²) in [6.07, 6.45) is 2.74. The Bertz CT molecular complexity index is 428. The fraction of sp³-hybridized carbons (Fsp3) is 0.950. The number of piperazine rings is 1. The number of rotatable bonds is 4. The number of ether oxygens (including phenoxy) is 1. The minimum absolute atomic E-state index is 0. The van der Waals surface area contributed by atoms with E-state index in [4.69, 9.17) is 4.74 Å². The van der Waals surface area contributed by atoms with Crippen LogP contribution in [0.2, 0.25) is 0 Å². The van der Waals surface area contributed by atoms with Gasteiger partial charge in [-0.25, -0.2) is 0 Å². The van der Waals surface area contributed by atoms with E-state index in [9.17, 15) is 0 Å². The molecule has 0 spiro atoms. The zero-order chi connectivity index (χ0) is 18.4. The highest BCUT2D eigenvalue weighted by Crippen LogP contribution is 2.33. The third kappa shape index (κ3) is 7.15. The van der Waals surface area contributed by atoms with Gasteiger partial charge < -0.3 is 15.0 Å². The second-order valence-electron chi connectivity index (χ2n) is 9.17. The molecule has 2 heterocycles. The van der Waals surface area contributed by atoms with Gasteiger partial charge in [-0.2, -0.15) is 0 Å². The lowest BCUT2D eigenvalue weighted by Gasteiger charge is -2.41. The highest BCUT2D eigenvalue weighted by molar-refractivity contribution is 14.0. The monoisotopic (exact) mass is 480 g/mol. The molecule has 0 aromatic heterocycles. The summed E-state index contributed by atoms with van der Waals surface area (Å²) in [5.41, 5.74) is 0.193. The molecule has 2 rings (SSSR count). The summed E-state index contributed by atoms with van der Waals surface area (Å²) in [6, 6.07) is 0. The lowest BCUT2D eigenvalue weighted by atomic mass is 9.78. The van der Waals surface area contributed by atoms with E-state index in [1.807, 2.05) is 7.05 Å². The van der Waals surface area contributed by atoms with Crippen LogP contribution in [0.5, 0.6) is 0 Å². The predicted octanol–water partition coefficient (Wildman–Crippen LogP) is 3.29. The quantitative estimate of drug-likeness (QED) is 0.381. The summed E-state index contributed by atoms with van der Waals surface area (Å²) in [5, 5.41) is 3.64. The molecule has 0 radical (unpaired) electrons. The molecule has 26 heavy (non-hydrogen) atoms. The van der Waals surface area contributed by atoms with Crippen molar-refractivity contribution in [2.45, 2.75) is 53.6 Å². The fourth-order valence-electron chi connectivity index (χ4n) is 4.22. The Hall–Kier alpha value is -0.0800. The molecule has 2 aliphatic heterocycles. The molecular weight excluding hydrogens is 439 g/mol. The van der Waals surface area contributed by atoms with Crippen molar-refractivity contribution in [1.82, 2.24) is 15.1 Å². The third-order valence-corrected chi connectivity index (χ3v) is 5.33. The van der Waals surface area contributed by atoms with Crippen LogP contribution in [0.15, 0.2) is 4.99 Å². The van der Waals surface area contributed by atoms with Gasteiger partial charge in [-0.3, -0.25) is 9.89 Å². The predicted molar refractivity (Wildman–Crippen MR) is 122 cm³/mol. The molecule has 2 unspecified atom stereocenters. The molecule has 0 bridgehead atoms. The van der Waals surface area contributed by atoms with E-state index < -0.39 is 0 Å². The van der Waals surface area contributed by atoms with Crippen molar-refractivity contribution >= 4 is 29.9 Å². The van der Waals surface area contributed by atoms with Crippen LogP contribution in [0, 0.1) is 17.3 Å². The van der Waals surface area contributed by atoms with E-state index in [-0.39, 0.29) is 29.4 Å². The SMILES string of the molecule is CN=C(NCC1CCCOC1C(C)(C)C)N1CCN(CC(C)C)CC1.I. The zero-order valence-electron chi connectivity index (χ0n) is 17.8. The van der Waals surface area contributed by atoms with Gasteiger partial charge in [0.2, 0.25) is 0 Å². The second-order valence-corrected chi connectivity index (χ2v) is 9.17. The van der Waals surface area contributed by atoms with Crippen LogP contribution in [0.3, 0.4) is 0 Å². The molecule has 0 amide bonds. The van der Waals surface area contributed by atoms with Crippen molar-refractivity contribution in [1.29, 1.82) is 0 Å². The highest BCUT2D eigenvalue weighted by atomic mass is 127. The maximum Gasteiger partial charge on any atom is 0.193 e. The van der Waals surface area contributed by atoms with Gasteiger partial charge in [0.25, 0.3) is 0 Å². The topological polar surface area (TPSA) is 40.1 Å². The Labute approximate surface area is 178 Å². The first-order valence-electron chi connectivity index (χ1n) is 10.1. The van der Waals surface area contributed by atoms with Crippen molar-refractivity contribution in [3.05, 3.63) is 0 Å². The molecule has 0 aliphatic carbocycles. The van der Waals surface area contributed by atoms with Crippen molar-refractivity contribution in [3.8, 4) is 0 Å². The fourth-order valence-corrected chi connectivity index (χ4v) is 4.22. The Morgan fingerprint density at radius 2 is 1.85 bits per heavy atom. The molecule has 0 aromatic carbocycles. The molecule has 0 saturated carbocycles. The van der Waals surface area contributed by atoms with Crippen LogP contribution in [0.4, 0.5) is 0 Å². The molecule has 5 nitrogen and oxygen atoms in total. The largest absolute Gasteiger partial charge is 0.377 e. The smallest absolute Gasteiger partial charge is 0.193 e. The van der Waals surface area contributed by atoms with Gasteiger partial charge in [-0.15, -0.1) is 24.0 Å². The van der Waals surface area contributed by atoms with Gasteiger partial charge in [0, 0.05) is 58.8 Å². The van der Waals surface area contributed by atoms with E-state index in [1.165, 1.54) is 19.4 Å². The van der Waals surface area contributed by atoms with Gasteiger partial charge in [0.15, 0.2) is 5.96 Å². The van der Waals surface area contributed by atoms with E-state index in [1.54, 1.807) is 0 Å². The van der Waals surface area contributed by atoms with Crippen LogP contribution in [-0.2, 0) is 4.74 Å². The lowest BCUT2D eigenvalue weighted by Crippen LogP contribution is -2.54. The minimum atomic E-state index is 0. The number of nitrogens with zero attached hydrogens (tertiary/aromatic N) is 3. The maximum absolute atomic E-state index is 6.12. The molecule has 2 saturated heterocycles. The van der Waals surface area contributed by atoms with Gasteiger partial charge in [-0.1, -0.05) is 34.6 Å². The number of hydrogen-bond acceptors (Lipinski definition) is 3. The van der Waals surface area contributed by atoms with Crippen molar-refractivity contribution in [2.24, 2.45) is 22.2 Å². The van der Waals surface area contributed by atoms with Crippen LogP contribution < -0.4 is 5.32 Å². The number of nitrogens with one attached hydrogen (secondary N) is 1. The van der Waals surface area contributed by atoms with E-state index >= 15 is 0 Å². The van der Waals surface area contributed by atoms with Crippen LogP contribution >= 0.6 is 24.0 Å². The van der Waals surface area contributed by atoms with Crippen molar-refractivity contribution in [3.63, 3.8) is 0 Å². The van der Waals surface area contributed by atoms with Gasteiger partial charge in [0.05, 0.1) is 6.10 Å². The maximum atomic E-state index is 6.12. The Morgan fingerprint density at radius 3 is 2.38 bits per heavy atom. The Kier molecular flexibility index (Phi) is 10.2. The number of aliphatic imine (C=N–C) groups is 1. The van der Waals surface area contributed by atoms with Gasteiger partial charge in [0.1, 0.15) is 0 Å². The lowest BCUT2D eigenvalue weighted by molar-refractivity contribution is -0.0836. The normalized spacial score (nSPS) is 26.0. The van der Waals surface area contributed by atoms with E-state index in [0.29, 0.717) is 12.0 Å². The molecule has 2 atom stereocenters. The van der Waals surface area contributed by atoms with Crippen LogP contribution in [0.1, 0.15) is 47.5 Å². The number of hydrogen-bond donors (Lipinski definition) is 1. The molecular formula is C20H41IN4O. The number of guanidine groups is 1. The average molecular weight is 480 g/mol. The average Bonchev–Trinajstić information content (AvgIpc) is 2.56. The summed E-state index contributed by atoms with van der Waals surface area (Å²) in [6.45, 7) is 18.9. The van der Waals surface area contributed by atoms with Crippen LogP contribution in [-0.4, -0.2) is 74.8 Å². The molecule has 6 heteroatoms. The standard InChI is InChI=1S/C20H40N4O.HI/c1-16(2)15-23-9-11-24(12-10-23)19(21-6)22-14-17-8-7-13-25-18(17)20(3,4)5;/h16-18H,7-15H2,1-6H3,(H,21,22);1H. The van der Waals surface area contributed by atoms with Gasteiger partial charge >= 0.3 is 0 Å². The summed E-state index contributed by atoms with van der Waals surface area (Å²) in [4.78, 5) is 9.52. The Balaban J connectivity index is 0.00000338. The first kappa shape index (κ1) is 24.0. The number of halogens is 1. The Morgan fingerprint density at radius 1 is 1.19 bits per heavy atom. The third-order valence-electron chi connectivity index (χ3n) is 5.33. The van der Waals surface area contributed by atoms with Crippen molar-refractivity contribution < 1.29 is 4.74 Å². The first-order chi connectivity index (χ1) is 11.8. The minimum Gasteiger partial charge on any atom is -0.377 e. The molecule has 0 aromatic rings. The van der Waals surface area contributed by atoms with Crippen LogP contribution in [0.25, 0.3) is 0 Å². The molecule has 2 aliphatic rings. The van der Waals surface area contributed by atoms with E-state index in [0.717, 1.165) is 51.2 Å². The van der Waals surface area contributed by atoms with E-state index in [2.05, 4.69) is 54.7 Å². The molecule has 2 fully saturated rings. The zero-order valence-corrected chi connectivity index (χ0v) is 20.1. The second kappa shape index (κ2) is 11.1. The summed E-state index contributed by atoms with van der Waals surface area (Å²) < 4.78 is 6.12. The van der Waals surface area contributed by atoms with Crippen molar-refractivity contribution in [2.75, 3.05) is 52.9 Å². The summed E-state index contributed by atoms with van der Waals surface area (Å²) in [5.74, 6) is 2.36. The summed E-state index contributed by atoms with van der Waals surface area (Å²) in [7, 11) is 1.90. The first-order valence-corrected chi connectivity index (χ1v) is 10.1. The highest BCUT2D eigenvalue weighted by Gasteiger charge is 2.35. The molecule has 154 valence electrons. The van der Waals surface area contributed by atoms with Gasteiger partial charge in [-0.05, 0) is 24.2 Å². The molecule has 1 N–H and O–H groups in total.